The predicted molar refractivity (Wildman–Crippen MR) is 94.0 cm³/mol. The molecule has 0 saturated heterocycles. The van der Waals surface area contributed by atoms with Crippen molar-refractivity contribution in [2.75, 3.05) is 7.05 Å². The third-order valence-electron chi connectivity index (χ3n) is 4.73. The van der Waals surface area contributed by atoms with Gasteiger partial charge in [0.15, 0.2) is 6.19 Å². The van der Waals surface area contributed by atoms with E-state index in [1.54, 1.807) is 6.19 Å². The summed E-state index contributed by atoms with van der Waals surface area (Å²) in [5.74, 6) is -1.28. The lowest BCUT2D eigenvalue weighted by Gasteiger charge is -2.27. The van der Waals surface area contributed by atoms with Crippen LogP contribution in [0.25, 0.3) is 0 Å². The van der Waals surface area contributed by atoms with Crippen molar-refractivity contribution in [3.63, 3.8) is 0 Å². The summed E-state index contributed by atoms with van der Waals surface area (Å²) in [5.41, 5.74) is 0.0931. The zero-order valence-electron chi connectivity index (χ0n) is 15.5. The molecule has 0 aliphatic heterocycles. The number of nitrogens with zero attached hydrogens (tertiary/aromatic N) is 2. The van der Waals surface area contributed by atoms with Crippen molar-refractivity contribution < 1.29 is 27.5 Å². The fourth-order valence-electron chi connectivity index (χ4n) is 3.31. The second-order valence-corrected chi connectivity index (χ2v) is 6.84. The highest BCUT2D eigenvalue weighted by Crippen LogP contribution is 2.28. The van der Waals surface area contributed by atoms with Crippen LogP contribution in [0.1, 0.15) is 48.9 Å². The lowest BCUT2D eigenvalue weighted by Crippen LogP contribution is -2.47. The Kier molecular flexibility index (Phi) is 7.26. The molecule has 2 rings (SSSR count). The molecule has 0 radical (unpaired) electrons. The summed E-state index contributed by atoms with van der Waals surface area (Å²) in [6.45, 7) is 0. The van der Waals surface area contributed by atoms with Crippen molar-refractivity contribution in [1.82, 2.24) is 10.2 Å². The number of hydrogen-bond donors (Lipinski definition) is 1. The Hall–Kier alpha value is -2.76. The number of carbonyl (C=O) groups excluding carboxylic acids is 2. The summed E-state index contributed by atoms with van der Waals surface area (Å²) in [6.07, 6.45) is 2.53. The Bertz CT molecular complexity index is 723. The van der Waals surface area contributed by atoms with Gasteiger partial charge in [-0.15, -0.1) is 13.2 Å². The van der Waals surface area contributed by atoms with Gasteiger partial charge in [0.2, 0.25) is 0 Å². The number of likely N-dealkylation sites (N-methyl/N-ethyl adjacent to an activating group) is 1. The third kappa shape index (κ3) is 6.44. The maximum absolute atomic E-state index is 12.5. The average molecular weight is 397 g/mol. The van der Waals surface area contributed by atoms with Crippen LogP contribution in [0.3, 0.4) is 0 Å². The number of halogens is 3. The summed E-state index contributed by atoms with van der Waals surface area (Å²) in [6, 6.07) is 3.56. The number of nitrogens with one attached hydrogen (secondary N) is 1. The van der Waals surface area contributed by atoms with Gasteiger partial charge < -0.3 is 10.1 Å². The highest BCUT2D eigenvalue weighted by Gasteiger charge is 2.31. The summed E-state index contributed by atoms with van der Waals surface area (Å²) >= 11 is 0. The van der Waals surface area contributed by atoms with Crippen LogP contribution in [0.15, 0.2) is 24.3 Å². The summed E-state index contributed by atoms with van der Waals surface area (Å²) in [5, 5.41) is 11.6. The first-order chi connectivity index (χ1) is 13.2. The highest BCUT2D eigenvalue weighted by atomic mass is 19.4. The van der Waals surface area contributed by atoms with Crippen LogP contribution < -0.4 is 10.1 Å². The van der Waals surface area contributed by atoms with Gasteiger partial charge >= 0.3 is 6.36 Å². The minimum absolute atomic E-state index is 0.0931. The maximum atomic E-state index is 12.5. The molecule has 152 valence electrons. The lowest BCUT2D eigenvalue weighted by atomic mass is 9.84. The molecule has 0 heterocycles. The van der Waals surface area contributed by atoms with Gasteiger partial charge in [0.05, 0.1) is 0 Å². The molecule has 2 amide bonds. The van der Waals surface area contributed by atoms with Gasteiger partial charge in [-0.05, 0) is 36.6 Å². The molecule has 6 nitrogen and oxygen atoms in total. The van der Waals surface area contributed by atoms with Gasteiger partial charge in [-0.3, -0.25) is 14.5 Å². The summed E-state index contributed by atoms with van der Waals surface area (Å²) < 4.78 is 40.4. The first kappa shape index (κ1) is 21.5. The van der Waals surface area contributed by atoms with E-state index in [1.165, 1.54) is 19.2 Å². The molecule has 1 unspecified atom stereocenters. The first-order valence-electron chi connectivity index (χ1n) is 9.03. The van der Waals surface area contributed by atoms with E-state index in [2.05, 4.69) is 10.1 Å². The van der Waals surface area contributed by atoms with Crippen LogP contribution in [0.5, 0.6) is 5.75 Å². The van der Waals surface area contributed by atoms with E-state index in [1.807, 2.05) is 0 Å². The average Bonchev–Trinajstić information content (AvgIpc) is 2.66. The van der Waals surface area contributed by atoms with Gasteiger partial charge in [-0.1, -0.05) is 32.1 Å². The molecule has 1 N–H and O–H groups in total. The molecule has 9 heteroatoms. The van der Waals surface area contributed by atoms with E-state index in [9.17, 15) is 22.8 Å². The van der Waals surface area contributed by atoms with Crippen LogP contribution >= 0.6 is 0 Å². The number of nitriles is 1. The highest BCUT2D eigenvalue weighted by molar-refractivity contribution is 5.97. The van der Waals surface area contributed by atoms with Crippen molar-refractivity contribution >= 4 is 11.8 Å². The van der Waals surface area contributed by atoms with Crippen LogP contribution in [-0.4, -0.2) is 36.2 Å². The Labute approximate surface area is 161 Å². The predicted octanol–water partition coefficient (Wildman–Crippen LogP) is 3.59. The minimum Gasteiger partial charge on any atom is -0.406 e. The molecule has 1 aliphatic carbocycles. The van der Waals surface area contributed by atoms with E-state index in [0.717, 1.165) is 49.1 Å². The van der Waals surface area contributed by atoms with Crippen LogP contribution in [0, 0.1) is 17.4 Å². The molecular weight excluding hydrogens is 375 g/mol. The molecule has 1 fully saturated rings. The number of hydrogen-bond acceptors (Lipinski definition) is 4. The van der Waals surface area contributed by atoms with Gasteiger partial charge in [0.25, 0.3) is 11.8 Å². The number of ether oxygens (including phenoxy) is 1. The zero-order valence-corrected chi connectivity index (χ0v) is 15.5. The van der Waals surface area contributed by atoms with Crippen molar-refractivity contribution in [3.05, 3.63) is 29.8 Å². The van der Waals surface area contributed by atoms with E-state index in [4.69, 9.17) is 5.26 Å². The number of amides is 2. The third-order valence-corrected chi connectivity index (χ3v) is 4.73. The van der Waals surface area contributed by atoms with Gasteiger partial charge in [0, 0.05) is 12.6 Å². The van der Waals surface area contributed by atoms with Crippen molar-refractivity contribution in [3.8, 4) is 11.9 Å². The van der Waals surface area contributed by atoms with Crippen molar-refractivity contribution in [2.45, 2.75) is 50.9 Å². The minimum atomic E-state index is -4.82. The summed E-state index contributed by atoms with van der Waals surface area (Å²) in [4.78, 5) is 25.8. The van der Waals surface area contributed by atoms with Gasteiger partial charge in [0.1, 0.15) is 11.8 Å². The normalized spacial score (nSPS) is 16.0. The molecule has 28 heavy (non-hydrogen) atoms. The Morgan fingerprint density at radius 1 is 1.25 bits per heavy atom. The zero-order chi connectivity index (χ0) is 20.7. The molecule has 1 aliphatic rings. The molecule has 0 aromatic heterocycles. The Morgan fingerprint density at radius 2 is 1.86 bits per heavy atom. The van der Waals surface area contributed by atoms with Crippen LogP contribution in [-0.2, 0) is 4.79 Å². The van der Waals surface area contributed by atoms with Crippen LogP contribution in [0.2, 0.25) is 0 Å². The topological polar surface area (TPSA) is 82.4 Å². The number of carbonyl (C=O) groups is 2. The monoisotopic (exact) mass is 397 g/mol. The Balaban J connectivity index is 2.08. The lowest BCUT2D eigenvalue weighted by molar-refractivity contribution is -0.274. The second kappa shape index (κ2) is 9.44. The fraction of sp³-hybridized carbons (Fsp3) is 0.526. The molecule has 0 spiro atoms. The molecule has 0 bridgehead atoms. The van der Waals surface area contributed by atoms with Gasteiger partial charge in [-0.2, -0.15) is 5.26 Å². The number of alkyl halides is 3. The van der Waals surface area contributed by atoms with Crippen LogP contribution in [0.4, 0.5) is 13.2 Å². The second-order valence-electron chi connectivity index (χ2n) is 6.84. The summed E-state index contributed by atoms with van der Waals surface area (Å²) in [7, 11) is 1.33. The smallest absolute Gasteiger partial charge is 0.406 e. The van der Waals surface area contributed by atoms with E-state index < -0.39 is 30.0 Å². The van der Waals surface area contributed by atoms with Crippen molar-refractivity contribution in [2.24, 2.45) is 5.92 Å². The Morgan fingerprint density at radius 3 is 2.39 bits per heavy atom. The van der Waals surface area contributed by atoms with Crippen molar-refractivity contribution in [1.29, 1.82) is 5.26 Å². The maximum Gasteiger partial charge on any atom is 0.573 e. The quantitative estimate of drug-likeness (QED) is 0.587. The van der Waals surface area contributed by atoms with E-state index >= 15 is 0 Å². The number of rotatable bonds is 6. The molecular formula is C19H22F3N3O3. The fourth-order valence-corrected chi connectivity index (χ4v) is 3.31. The first-order valence-corrected chi connectivity index (χ1v) is 9.03. The SMILES string of the molecule is CN(C#N)C(=O)C(CC1CCCCC1)NC(=O)c1ccc(OC(F)(F)F)cc1. The standard InChI is InChI=1S/C19H22F3N3O3/c1-25(12-23)18(27)16(11-13-5-3-2-4-6-13)24-17(26)14-7-9-15(10-8-14)28-19(20,21)22/h7-10,13,16H,2-6,11H2,1H3,(H,24,26). The largest absolute Gasteiger partial charge is 0.573 e. The molecule has 1 saturated carbocycles. The number of benzene rings is 1. The van der Waals surface area contributed by atoms with E-state index in [0.29, 0.717) is 6.42 Å². The molecule has 1 atom stereocenters. The van der Waals surface area contributed by atoms with Gasteiger partial charge in [-0.25, -0.2) is 0 Å². The van der Waals surface area contributed by atoms with E-state index in [-0.39, 0.29) is 11.5 Å². The molecule has 1 aromatic rings. The molecule has 1 aromatic carbocycles.